The van der Waals surface area contributed by atoms with Crippen LogP contribution < -0.4 is 0 Å². The molecule has 0 spiro atoms. The van der Waals surface area contributed by atoms with Crippen LogP contribution in [0.15, 0.2) is 65.8 Å². The van der Waals surface area contributed by atoms with Crippen LogP contribution in [0, 0.1) is 17.8 Å². The molecule has 10 atom stereocenters. The Morgan fingerprint density at radius 1 is 0.778 bits per heavy atom. The molecule has 2 aromatic carbocycles. The Bertz CT molecular complexity index is 1150. The molecule has 11 nitrogen and oxygen atoms in total. The molecule has 2 aliphatic rings. The van der Waals surface area contributed by atoms with E-state index in [0.29, 0.717) is 26.4 Å². The number of unbranched alkanes of at least 4 members (excludes halogenated alkanes) is 2. The molecule has 0 radical (unpaired) electrons. The molecule has 4 rings (SSSR count). The predicted molar refractivity (Wildman–Crippen MR) is 168 cm³/mol. The second-order valence-electron chi connectivity index (χ2n) is 12.1. The van der Waals surface area contributed by atoms with E-state index in [1.165, 1.54) is 0 Å². The molecular formula is C34H49N3O8. The molecule has 0 aromatic heterocycles. The van der Waals surface area contributed by atoms with Gasteiger partial charge in [-0.3, -0.25) is 0 Å². The third-order valence-corrected chi connectivity index (χ3v) is 8.87. The Hall–Kier alpha value is -2.57. The zero-order valence-electron chi connectivity index (χ0n) is 26.6. The van der Waals surface area contributed by atoms with Gasteiger partial charge in [0.05, 0.1) is 38.6 Å². The van der Waals surface area contributed by atoms with Crippen LogP contribution in [0.4, 0.5) is 0 Å². The third-order valence-electron chi connectivity index (χ3n) is 8.87. The van der Waals surface area contributed by atoms with Gasteiger partial charge in [-0.25, -0.2) is 0 Å². The van der Waals surface area contributed by atoms with Crippen molar-refractivity contribution in [3.05, 3.63) is 82.2 Å². The number of aliphatic hydroxyl groups is 2. The fourth-order valence-corrected chi connectivity index (χ4v) is 5.89. The van der Waals surface area contributed by atoms with Crippen molar-refractivity contribution in [3.63, 3.8) is 0 Å². The van der Waals surface area contributed by atoms with E-state index in [-0.39, 0.29) is 31.0 Å². The van der Waals surface area contributed by atoms with Crippen LogP contribution in [0.25, 0.3) is 10.4 Å². The van der Waals surface area contributed by atoms with Crippen molar-refractivity contribution in [1.29, 1.82) is 0 Å². The van der Waals surface area contributed by atoms with E-state index >= 15 is 0 Å². The minimum atomic E-state index is -0.790. The quantitative estimate of drug-likeness (QED) is 0.103. The van der Waals surface area contributed by atoms with Gasteiger partial charge in [0.2, 0.25) is 0 Å². The van der Waals surface area contributed by atoms with Crippen LogP contribution in [0.2, 0.25) is 0 Å². The highest BCUT2D eigenvalue weighted by molar-refractivity contribution is 5.14. The maximum Gasteiger partial charge on any atom is 0.184 e. The summed E-state index contributed by atoms with van der Waals surface area (Å²) in [7, 11) is 0. The van der Waals surface area contributed by atoms with Crippen LogP contribution in [-0.2, 0) is 41.6 Å². The summed E-state index contributed by atoms with van der Waals surface area (Å²) >= 11 is 0. The van der Waals surface area contributed by atoms with E-state index in [0.717, 1.165) is 30.4 Å². The van der Waals surface area contributed by atoms with Crippen LogP contribution in [0.5, 0.6) is 0 Å². The number of azide groups is 1. The number of benzene rings is 2. The zero-order chi connectivity index (χ0) is 32.0. The third kappa shape index (κ3) is 10.2. The summed E-state index contributed by atoms with van der Waals surface area (Å²) in [4.78, 5) is 2.81. The molecule has 0 amide bonds. The van der Waals surface area contributed by atoms with Gasteiger partial charge in [-0.15, -0.1) is 0 Å². The molecule has 2 aliphatic heterocycles. The standard InChI is InChI=1S/C34H49N3O8/c1-23-24(2)33(43-28(19-38)30(23)39)45-31-25(3)32(42-21-27-15-9-5-10-16-27)34(41-18-12-6-11-17-36-37-35)44-29(31)22-40-20-26-13-7-4-8-14-26/h4-5,7-10,13-16,23-25,28-34,38-39H,6,11-12,17-22H2,1-3H3/t23-,24?,25+,28?,29?,30-,31+,32?,33+,34-/m1/s1. The van der Waals surface area contributed by atoms with Gasteiger partial charge in [-0.2, -0.15) is 0 Å². The number of rotatable bonds is 17. The molecule has 0 saturated carbocycles. The minimum Gasteiger partial charge on any atom is -0.394 e. The molecular weight excluding hydrogens is 578 g/mol. The molecule has 2 fully saturated rings. The first-order valence-corrected chi connectivity index (χ1v) is 16.1. The van der Waals surface area contributed by atoms with Gasteiger partial charge in [0.15, 0.2) is 12.6 Å². The summed E-state index contributed by atoms with van der Waals surface area (Å²) in [6.07, 6.45) is -1.88. The summed E-state index contributed by atoms with van der Waals surface area (Å²) in [5, 5.41) is 24.1. The maximum atomic E-state index is 10.6. The van der Waals surface area contributed by atoms with Gasteiger partial charge in [-0.05, 0) is 35.4 Å². The van der Waals surface area contributed by atoms with E-state index < -0.39 is 43.1 Å². The molecule has 0 aliphatic carbocycles. The average molecular weight is 628 g/mol. The predicted octanol–water partition coefficient (Wildman–Crippen LogP) is 5.38. The van der Waals surface area contributed by atoms with Crippen LogP contribution >= 0.6 is 0 Å². The van der Waals surface area contributed by atoms with Crippen molar-refractivity contribution in [2.75, 3.05) is 26.4 Å². The second kappa shape index (κ2) is 18.5. The van der Waals surface area contributed by atoms with Crippen LogP contribution in [-0.4, -0.2) is 79.7 Å². The molecule has 2 N–H and O–H groups in total. The summed E-state index contributed by atoms with van der Waals surface area (Å²) in [5.74, 6) is -0.467. The summed E-state index contributed by atoms with van der Waals surface area (Å²) in [6.45, 7) is 7.66. The summed E-state index contributed by atoms with van der Waals surface area (Å²) in [5.41, 5.74) is 10.6. The highest BCUT2D eigenvalue weighted by Crippen LogP contribution is 2.37. The number of aliphatic hydroxyl groups excluding tert-OH is 2. The van der Waals surface area contributed by atoms with E-state index in [4.69, 9.17) is 34.0 Å². The average Bonchev–Trinajstić information content (AvgIpc) is 3.06. The SMILES string of the molecule is CC1[C@H](O[C@@H]2C(COCc3ccccc3)O[C@@H](OCCCCCN=[N+]=[N-])C(OCc3ccccc3)[C@H]2C)OC(CO)[C@H](O)[C@@H]1C. The molecule has 2 aromatic rings. The maximum absolute atomic E-state index is 10.6. The number of nitrogens with zero attached hydrogens (tertiary/aromatic N) is 3. The van der Waals surface area contributed by atoms with E-state index in [9.17, 15) is 10.2 Å². The Morgan fingerprint density at radius 3 is 2.11 bits per heavy atom. The minimum absolute atomic E-state index is 0.135. The Balaban J connectivity index is 1.51. The van der Waals surface area contributed by atoms with Gasteiger partial charge < -0.3 is 38.6 Å². The number of ether oxygens (including phenoxy) is 6. The van der Waals surface area contributed by atoms with Crippen molar-refractivity contribution in [1.82, 2.24) is 0 Å². The normalized spacial score (nSPS) is 31.8. The fourth-order valence-electron chi connectivity index (χ4n) is 5.89. The van der Waals surface area contributed by atoms with Gasteiger partial charge in [0.1, 0.15) is 18.3 Å². The molecule has 45 heavy (non-hydrogen) atoms. The highest BCUT2D eigenvalue weighted by Gasteiger charge is 2.49. The summed E-state index contributed by atoms with van der Waals surface area (Å²) in [6, 6.07) is 19.9. The molecule has 0 bridgehead atoms. The number of hydrogen-bond acceptors (Lipinski definition) is 9. The smallest absolute Gasteiger partial charge is 0.184 e. The van der Waals surface area contributed by atoms with E-state index in [2.05, 4.69) is 16.9 Å². The highest BCUT2D eigenvalue weighted by atomic mass is 16.7. The largest absolute Gasteiger partial charge is 0.394 e. The van der Waals surface area contributed by atoms with Crippen molar-refractivity contribution in [2.24, 2.45) is 22.9 Å². The first-order valence-electron chi connectivity index (χ1n) is 16.1. The van der Waals surface area contributed by atoms with Gasteiger partial charge in [0, 0.05) is 29.9 Å². The summed E-state index contributed by atoms with van der Waals surface area (Å²) < 4.78 is 38.4. The van der Waals surface area contributed by atoms with Gasteiger partial charge >= 0.3 is 0 Å². The van der Waals surface area contributed by atoms with E-state index in [1.54, 1.807) is 0 Å². The topological polar surface area (TPSA) is 145 Å². The molecule has 2 saturated heterocycles. The lowest BCUT2D eigenvalue weighted by Crippen LogP contribution is -2.60. The molecule has 4 unspecified atom stereocenters. The van der Waals surface area contributed by atoms with Gasteiger partial charge in [-0.1, -0.05) is 93.0 Å². The fraction of sp³-hybridized carbons (Fsp3) is 0.647. The Kier molecular flexibility index (Phi) is 14.5. The Labute approximate surface area is 266 Å². The van der Waals surface area contributed by atoms with Crippen molar-refractivity contribution >= 4 is 0 Å². The first-order chi connectivity index (χ1) is 21.9. The van der Waals surface area contributed by atoms with Crippen LogP contribution in [0.1, 0.15) is 51.2 Å². The van der Waals surface area contributed by atoms with Crippen molar-refractivity contribution in [2.45, 2.75) is 96.3 Å². The van der Waals surface area contributed by atoms with Gasteiger partial charge in [0.25, 0.3) is 0 Å². The Morgan fingerprint density at radius 2 is 1.44 bits per heavy atom. The second-order valence-corrected chi connectivity index (χ2v) is 12.1. The molecule has 2 heterocycles. The molecule has 11 heteroatoms. The lowest BCUT2D eigenvalue weighted by atomic mass is 9.84. The van der Waals surface area contributed by atoms with E-state index in [1.807, 2.05) is 74.5 Å². The van der Waals surface area contributed by atoms with Crippen molar-refractivity contribution in [3.8, 4) is 0 Å². The first kappa shape index (κ1) is 35.3. The lowest BCUT2D eigenvalue weighted by molar-refractivity contribution is -0.346. The van der Waals surface area contributed by atoms with Crippen LogP contribution in [0.3, 0.4) is 0 Å². The zero-order valence-corrected chi connectivity index (χ0v) is 26.6. The lowest BCUT2D eigenvalue weighted by Gasteiger charge is -2.48. The number of hydrogen-bond donors (Lipinski definition) is 2. The molecule has 248 valence electrons. The van der Waals surface area contributed by atoms with Crippen molar-refractivity contribution < 1.29 is 38.6 Å². The monoisotopic (exact) mass is 627 g/mol.